The molecule has 0 radical (unpaired) electrons. The number of rotatable bonds is 7. The lowest BCUT2D eigenvalue weighted by molar-refractivity contribution is -0.116. The fraction of sp³-hybridized carbons (Fsp3) is 0.562. The molecule has 0 aliphatic carbocycles. The van der Waals surface area contributed by atoms with E-state index in [1.165, 1.54) is 5.56 Å². The van der Waals surface area contributed by atoms with Gasteiger partial charge in [0.2, 0.25) is 5.91 Å². The van der Waals surface area contributed by atoms with E-state index < -0.39 is 0 Å². The minimum absolute atomic E-state index is 0.101. The van der Waals surface area contributed by atoms with Crippen molar-refractivity contribution in [1.82, 2.24) is 0 Å². The molecule has 0 spiro atoms. The van der Waals surface area contributed by atoms with Gasteiger partial charge in [0.05, 0.1) is 0 Å². The minimum Gasteiger partial charge on any atom is -0.330 e. The predicted octanol–water partition coefficient (Wildman–Crippen LogP) is 3.40. The summed E-state index contributed by atoms with van der Waals surface area (Å²) in [7, 11) is 0. The highest BCUT2D eigenvalue weighted by atomic mass is 16.1. The number of nitrogens with two attached hydrogens (primary N) is 1. The lowest BCUT2D eigenvalue weighted by Gasteiger charge is -2.14. The van der Waals surface area contributed by atoms with Gasteiger partial charge in [0, 0.05) is 12.1 Å². The maximum atomic E-state index is 12.0. The van der Waals surface area contributed by atoms with Crippen LogP contribution in [0.4, 0.5) is 5.69 Å². The molecule has 1 aromatic carbocycles. The molecule has 0 fully saturated rings. The maximum absolute atomic E-state index is 12.0. The van der Waals surface area contributed by atoms with E-state index in [2.05, 4.69) is 25.2 Å². The summed E-state index contributed by atoms with van der Waals surface area (Å²) in [5, 5.41) is 3.00. The molecular formula is C16H26N2O. The zero-order valence-electron chi connectivity index (χ0n) is 12.3. The summed E-state index contributed by atoms with van der Waals surface area (Å²) < 4.78 is 0. The molecule has 0 aliphatic heterocycles. The molecule has 0 saturated carbocycles. The van der Waals surface area contributed by atoms with Gasteiger partial charge in [-0.1, -0.05) is 25.5 Å². The topological polar surface area (TPSA) is 55.1 Å². The van der Waals surface area contributed by atoms with Crippen molar-refractivity contribution in [3.63, 3.8) is 0 Å². The lowest BCUT2D eigenvalue weighted by atomic mass is 9.96. The van der Waals surface area contributed by atoms with Gasteiger partial charge in [-0.15, -0.1) is 0 Å². The molecule has 3 heteroatoms. The lowest BCUT2D eigenvalue weighted by Crippen LogP contribution is -2.15. The fourth-order valence-electron chi connectivity index (χ4n) is 2.22. The third-order valence-electron chi connectivity index (χ3n) is 3.81. The van der Waals surface area contributed by atoms with Crippen LogP contribution in [0.25, 0.3) is 0 Å². The van der Waals surface area contributed by atoms with Gasteiger partial charge in [0.15, 0.2) is 0 Å². The van der Waals surface area contributed by atoms with E-state index in [1.807, 2.05) is 19.1 Å². The van der Waals surface area contributed by atoms with Gasteiger partial charge < -0.3 is 11.1 Å². The largest absolute Gasteiger partial charge is 0.330 e. The third kappa shape index (κ3) is 5.03. The van der Waals surface area contributed by atoms with Crippen LogP contribution in [-0.2, 0) is 4.79 Å². The second-order valence-corrected chi connectivity index (χ2v) is 5.19. The molecule has 0 aromatic heterocycles. The first-order valence-corrected chi connectivity index (χ1v) is 7.14. The Bertz CT molecular complexity index is 415. The summed E-state index contributed by atoms with van der Waals surface area (Å²) in [6, 6.07) is 5.98. The van der Waals surface area contributed by atoms with E-state index in [4.69, 9.17) is 5.73 Å². The van der Waals surface area contributed by atoms with Crippen molar-refractivity contribution < 1.29 is 4.79 Å². The molecule has 1 atom stereocenters. The molecule has 1 amide bonds. The first-order chi connectivity index (χ1) is 9.08. The van der Waals surface area contributed by atoms with Gasteiger partial charge in [-0.05, 0) is 56.3 Å². The van der Waals surface area contributed by atoms with Gasteiger partial charge in [-0.3, -0.25) is 4.79 Å². The van der Waals surface area contributed by atoms with Crippen molar-refractivity contribution in [3.8, 4) is 0 Å². The first kappa shape index (κ1) is 15.7. The number of aryl methyl sites for hydroxylation is 1. The Morgan fingerprint density at radius 1 is 1.32 bits per heavy atom. The van der Waals surface area contributed by atoms with Crippen LogP contribution in [-0.4, -0.2) is 12.5 Å². The Balaban J connectivity index is 2.49. The van der Waals surface area contributed by atoms with E-state index in [9.17, 15) is 4.79 Å². The van der Waals surface area contributed by atoms with Crippen molar-refractivity contribution in [2.24, 2.45) is 11.7 Å². The molecule has 3 nitrogen and oxygen atoms in total. The third-order valence-corrected chi connectivity index (χ3v) is 3.81. The van der Waals surface area contributed by atoms with Gasteiger partial charge in [0.1, 0.15) is 0 Å². The van der Waals surface area contributed by atoms with Gasteiger partial charge >= 0.3 is 0 Å². The molecule has 3 N–H and O–H groups in total. The molecule has 1 rings (SSSR count). The van der Waals surface area contributed by atoms with E-state index >= 15 is 0 Å². The second kappa shape index (κ2) is 7.95. The first-order valence-electron chi connectivity index (χ1n) is 7.14. The van der Waals surface area contributed by atoms with Crippen LogP contribution in [0.3, 0.4) is 0 Å². The van der Waals surface area contributed by atoms with Crippen molar-refractivity contribution in [2.45, 2.75) is 46.5 Å². The Hall–Kier alpha value is -1.35. The van der Waals surface area contributed by atoms with E-state index in [-0.39, 0.29) is 5.91 Å². The van der Waals surface area contributed by atoms with Crippen LogP contribution >= 0.6 is 0 Å². The van der Waals surface area contributed by atoms with Gasteiger partial charge in [-0.2, -0.15) is 0 Å². The maximum Gasteiger partial charge on any atom is 0.224 e. The Kier molecular flexibility index (Phi) is 6.57. The summed E-state index contributed by atoms with van der Waals surface area (Å²) in [6.07, 6.45) is 3.59. The van der Waals surface area contributed by atoms with Crippen LogP contribution in [0.15, 0.2) is 18.2 Å². The van der Waals surface area contributed by atoms with Crippen molar-refractivity contribution in [2.75, 3.05) is 11.9 Å². The van der Waals surface area contributed by atoms with Crippen molar-refractivity contribution >= 4 is 11.6 Å². The number of amides is 1. The van der Waals surface area contributed by atoms with Crippen molar-refractivity contribution in [1.29, 1.82) is 0 Å². The molecule has 19 heavy (non-hydrogen) atoms. The van der Waals surface area contributed by atoms with E-state index in [0.717, 1.165) is 30.5 Å². The van der Waals surface area contributed by atoms with Crippen LogP contribution in [0.1, 0.15) is 43.7 Å². The second-order valence-electron chi connectivity index (χ2n) is 5.19. The number of nitrogens with one attached hydrogen (secondary N) is 1. The zero-order chi connectivity index (χ0) is 14.3. The molecule has 0 aliphatic rings. The average molecular weight is 262 g/mol. The standard InChI is InChI=1S/C16H26N2O/c1-4-14(10-11-17)8-9-16(19)18-15-7-5-6-12(2)13(15)3/h5-7,14H,4,8-11,17H2,1-3H3,(H,18,19). The molecule has 1 aromatic rings. The van der Waals surface area contributed by atoms with Crippen LogP contribution in [0, 0.1) is 19.8 Å². The number of hydrogen-bond acceptors (Lipinski definition) is 2. The van der Waals surface area contributed by atoms with Crippen molar-refractivity contribution in [3.05, 3.63) is 29.3 Å². The number of anilines is 1. The smallest absolute Gasteiger partial charge is 0.224 e. The predicted molar refractivity (Wildman–Crippen MR) is 81.2 cm³/mol. The Morgan fingerprint density at radius 2 is 2.05 bits per heavy atom. The highest BCUT2D eigenvalue weighted by molar-refractivity contribution is 5.91. The monoisotopic (exact) mass is 262 g/mol. The van der Waals surface area contributed by atoms with Crippen LogP contribution in [0.5, 0.6) is 0 Å². The Morgan fingerprint density at radius 3 is 2.68 bits per heavy atom. The summed E-state index contributed by atoms with van der Waals surface area (Å²) in [6.45, 7) is 6.95. The highest BCUT2D eigenvalue weighted by Crippen LogP contribution is 2.19. The molecule has 0 heterocycles. The number of carbonyl (C=O) groups is 1. The number of benzene rings is 1. The average Bonchev–Trinajstić information content (AvgIpc) is 2.40. The highest BCUT2D eigenvalue weighted by Gasteiger charge is 2.10. The SMILES string of the molecule is CCC(CCN)CCC(=O)Nc1cccc(C)c1C. The number of carbonyl (C=O) groups excluding carboxylic acids is 1. The Labute approximate surface area is 116 Å². The fourth-order valence-corrected chi connectivity index (χ4v) is 2.22. The molecule has 0 saturated heterocycles. The zero-order valence-corrected chi connectivity index (χ0v) is 12.3. The number of hydrogen-bond donors (Lipinski definition) is 2. The van der Waals surface area contributed by atoms with Crippen LogP contribution < -0.4 is 11.1 Å². The van der Waals surface area contributed by atoms with Crippen LogP contribution in [0.2, 0.25) is 0 Å². The molecular weight excluding hydrogens is 236 g/mol. The minimum atomic E-state index is 0.101. The summed E-state index contributed by atoms with van der Waals surface area (Å²) in [5.74, 6) is 0.665. The summed E-state index contributed by atoms with van der Waals surface area (Å²) >= 11 is 0. The van der Waals surface area contributed by atoms with Gasteiger partial charge in [0.25, 0.3) is 0 Å². The quantitative estimate of drug-likeness (QED) is 0.791. The summed E-state index contributed by atoms with van der Waals surface area (Å²) in [4.78, 5) is 12.0. The summed E-state index contributed by atoms with van der Waals surface area (Å²) in [5.41, 5.74) is 8.84. The van der Waals surface area contributed by atoms with E-state index in [1.54, 1.807) is 0 Å². The molecule has 0 bridgehead atoms. The van der Waals surface area contributed by atoms with E-state index in [0.29, 0.717) is 18.9 Å². The molecule has 106 valence electrons. The molecule has 1 unspecified atom stereocenters. The normalized spacial score (nSPS) is 12.2. The van der Waals surface area contributed by atoms with Gasteiger partial charge in [-0.25, -0.2) is 0 Å².